The molecule has 0 aromatic carbocycles. The smallest absolute Gasteiger partial charge is 0.410 e. The molecule has 0 radical (unpaired) electrons. The van der Waals surface area contributed by atoms with Gasteiger partial charge in [-0.1, -0.05) is 6.92 Å². The van der Waals surface area contributed by atoms with E-state index in [2.05, 4.69) is 0 Å². The molecule has 0 bridgehead atoms. The van der Waals surface area contributed by atoms with E-state index in [4.69, 9.17) is 4.74 Å². The number of piperidine rings is 1. The van der Waals surface area contributed by atoms with Crippen LogP contribution in [0, 0.1) is 5.92 Å². The molecule has 4 nitrogen and oxygen atoms in total. The molecule has 82 valence electrons. The number of nitrogens with zero attached hydrogens (tertiary/aromatic N) is 1. The van der Waals surface area contributed by atoms with Crippen LogP contribution in [-0.4, -0.2) is 41.4 Å². The molecular weight excluding hydrogens is 182 g/mol. The second-order valence-corrected chi connectivity index (χ2v) is 4.21. The molecule has 1 rings (SSSR count). The van der Waals surface area contributed by atoms with Gasteiger partial charge in [-0.25, -0.2) is 4.79 Å². The number of aliphatic hydroxyl groups excluding tert-OH is 1. The molecule has 2 atom stereocenters. The minimum absolute atomic E-state index is 0.0790. The molecule has 1 N–H and O–H groups in total. The predicted octanol–water partition coefficient (Wildman–Crippen LogP) is 1.23. The van der Waals surface area contributed by atoms with E-state index in [0.29, 0.717) is 19.5 Å². The molecule has 2 unspecified atom stereocenters. The van der Waals surface area contributed by atoms with E-state index in [1.807, 2.05) is 20.8 Å². The molecule has 1 saturated heterocycles. The second kappa shape index (κ2) is 4.64. The Morgan fingerprint density at radius 3 is 2.71 bits per heavy atom. The highest BCUT2D eigenvalue weighted by atomic mass is 16.6. The third kappa shape index (κ3) is 2.87. The molecule has 4 heteroatoms. The third-order valence-corrected chi connectivity index (χ3v) is 2.45. The summed E-state index contributed by atoms with van der Waals surface area (Å²) in [6, 6.07) is 0. The van der Waals surface area contributed by atoms with Crippen molar-refractivity contribution >= 4 is 6.09 Å². The van der Waals surface area contributed by atoms with E-state index in [0.717, 1.165) is 0 Å². The van der Waals surface area contributed by atoms with E-state index in [9.17, 15) is 9.90 Å². The highest BCUT2D eigenvalue weighted by molar-refractivity contribution is 5.67. The van der Waals surface area contributed by atoms with Crippen LogP contribution in [0.5, 0.6) is 0 Å². The molecule has 1 aliphatic rings. The summed E-state index contributed by atoms with van der Waals surface area (Å²) in [5.41, 5.74) is 0. The lowest BCUT2D eigenvalue weighted by molar-refractivity contribution is 0.0188. The van der Waals surface area contributed by atoms with Gasteiger partial charge in [0.25, 0.3) is 0 Å². The molecule has 0 saturated carbocycles. The zero-order valence-corrected chi connectivity index (χ0v) is 9.06. The van der Waals surface area contributed by atoms with Crippen molar-refractivity contribution in [1.29, 1.82) is 0 Å². The number of ether oxygens (including phenoxy) is 1. The molecule has 1 fully saturated rings. The van der Waals surface area contributed by atoms with Crippen LogP contribution >= 0.6 is 0 Å². The number of carbonyl (C=O) groups is 1. The van der Waals surface area contributed by atoms with Gasteiger partial charge in [-0.3, -0.25) is 0 Å². The van der Waals surface area contributed by atoms with E-state index >= 15 is 0 Å². The van der Waals surface area contributed by atoms with Crippen molar-refractivity contribution in [2.75, 3.05) is 13.1 Å². The molecule has 0 spiro atoms. The minimum Gasteiger partial charge on any atom is -0.447 e. The monoisotopic (exact) mass is 201 g/mol. The molecule has 14 heavy (non-hydrogen) atoms. The lowest BCUT2D eigenvalue weighted by Gasteiger charge is -2.33. The summed E-state index contributed by atoms with van der Waals surface area (Å²) in [6.45, 7) is 6.80. The molecule has 1 amide bonds. The minimum atomic E-state index is -0.280. The van der Waals surface area contributed by atoms with Crippen molar-refractivity contribution in [2.24, 2.45) is 5.92 Å². The normalized spacial score (nSPS) is 27.9. The maximum absolute atomic E-state index is 11.5. The average Bonchev–Trinajstić information content (AvgIpc) is 2.08. The van der Waals surface area contributed by atoms with Crippen molar-refractivity contribution in [3.63, 3.8) is 0 Å². The largest absolute Gasteiger partial charge is 0.447 e. The van der Waals surface area contributed by atoms with Crippen LogP contribution in [0.15, 0.2) is 0 Å². The topological polar surface area (TPSA) is 49.8 Å². The number of hydrogen-bond acceptors (Lipinski definition) is 3. The SMILES string of the molecule is CC(C)OC(=O)N1CCC(O)C(C)C1. The van der Waals surface area contributed by atoms with Crippen molar-refractivity contribution in [3.8, 4) is 0 Å². The summed E-state index contributed by atoms with van der Waals surface area (Å²) in [5, 5.41) is 9.48. The van der Waals surface area contributed by atoms with Crippen LogP contribution in [-0.2, 0) is 4.74 Å². The summed E-state index contributed by atoms with van der Waals surface area (Å²) >= 11 is 0. The molecule has 0 aromatic rings. The number of aliphatic hydroxyl groups is 1. The summed E-state index contributed by atoms with van der Waals surface area (Å²) in [4.78, 5) is 13.1. The fourth-order valence-corrected chi connectivity index (χ4v) is 1.58. The van der Waals surface area contributed by atoms with E-state index in [-0.39, 0.29) is 24.2 Å². The number of amides is 1. The first-order chi connectivity index (χ1) is 6.50. The Balaban J connectivity index is 2.42. The molecule has 0 aromatic heterocycles. The summed E-state index contributed by atoms with van der Waals surface area (Å²) in [7, 11) is 0. The Morgan fingerprint density at radius 2 is 2.21 bits per heavy atom. The quantitative estimate of drug-likeness (QED) is 0.694. The van der Waals surface area contributed by atoms with Crippen LogP contribution in [0.2, 0.25) is 0 Å². The van der Waals surface area contributed by atoms with Crippen molar-refractivity contribution in [2.45, 2.75) is 39.4 Å². The van der Waals surface area contributed by atoms with Crippen LogP contribution in [0.25, 0.3) is 0 Å². The Bertz CT molecular complexity index is 206. The molecule has 1 heterocycles. The van der Waals surface area contributed by atoms with Gasteiger partial charge >= 0.3 is 6.09 Å². The van der Waals surface area contributed by atoms with Gasteiger partial charge in [0.2, 0.25) is 0 Å². The zero-order valence-electron chi connectivity index (χ0n) is 9.06. The molecular formula is C10H19NO3. The lowest BCUT2D eigenvalue weighted by atomic mass is 9.97. The van der Waals surface area contributed by atoms with Gasteiger partial charge in [0.15, 0.2) is 0 Å². The van der Waals surface area contributed by atoms with Crippen LogP contribution in [0.4, 0.5) is 4.79 Å². The maximum Gasteiger partial charge on any atom is 0.410 e. The van der Waals surface area contributed by atoms with Crippen molar-refractivity contribution < 1.29 is 14.6 Å². The first-order valence-electron chi connectivity index (χ1n) is 5.14. The van der Waals surface area contributed by atoms with Crippen molar-refractivity contribution in [1.82, 2.24) is 4.90 Å². The average molecular weight is 201 g/mol. The fourth-order valence-electron chi connectivity index (χ4n) is 1.58. The number of rotatable bonds is 1. The predicted molar refractivity (Wildman–Crippen MR) is 53.0 cm³/mol. The standard InChI is InChI=1S/C10H19NO3/c1-7(2)14-10(13)11-5-4-9(12)8(3)6-11/h7-9,12H,4-6H2,1-3H3. The molecule has 0 aliphatic carbocycles. The number of hydrogen-bond donors (Lipinski definition) is 1. The lowest BCUT2D eigenvalue weighted by Crippen LogP contribution is -2.45. The second-order valence-electron chi connectivity index (χ2n) is 4.21. The van der Waals surface area contributed by atoms with Gasteiger partial charge in [-0.2, -0.15) is 0 Å². The number of carbonyl (C=O) groups excluding carboxylic acids is 1. The summed E-state index contributed by atoms with van der Waals surface area (Å²) in [5.74, 6) is 0.142. The van der Waals surface area contributed by atoms with Gasteiger partial charge in [-0.05, 0) is 26.2 Å². The summed E-state index contributed by atoms with van der Waals surface area (Å²) in [6.07, 6.45) is 0.0236. The van der Waals surface area contributed by atoms with E-state index in [1.54, 1.807) is 4.90 Å². The Kier molecular flexibility index (Phi) is 3.75. The van der Waals surface area contributed by atoms with Crippen LogP contribution in [0.3, 0.4) is 0 Å². The third-order valence-electron chi connectivity index (χ3n) is 2.45. The van der Waals surface area contributed by atoms with Crippen molar-refractivity contribution in [3.05, 3.63) is 0 Å². The number of likely N-dealkylation sites (tertiary alicyclic amines) is 1. The van der Waals surface area contributed by atoms with E-state index < -0.39 is 0 Å². The highest BCUT2D eigenvalue weighted by Crippen LogP contribution is 2.17. The Labute approximate surface area is 84.8 Å². The van der Waals surface area contributed by atoms with Crippen LogP contribution in [0.1, 0.15) is 27.2 Å². The van der Waals surface area contributed by atoms with Gasteiger partial charge in [-0.15, -0.1) is 0 Å². The van der Waals surface area contributed by atoms with Gasteiger partial charge in [0.1, 0.15) is 0 Å². The summed E-state index contributed by atoms with van der Waals surface area (Å²) < 4.78 is 5.08. The van der Waals surface area contributed by atoms with Gasteiger partial charge in [0, 0.05) is 13.1 Å². The first kappa shape index (κ1) is 11.3. The van der Waals surface area contributed by atoms with Crippen LogP contribution < -0.4 is 0 Å². The Hall–Kier alpha value is -0.770. The van der Waals surface area contributed by atoms with E-state index in [1.165, 1.54) is 0 Å². The zero-order chi connectivity index (χ0) is 10.7. The highest BCUT2D eigenvalue weighted by Gasteiger charge is 2.28. The first-order valence-corrected chi connectivity index (χ1v) is 5.14. The maximum atomic E-state index is 11.5. The molecule has 1 aliphatic heterocycles. The van der Waals surface area contributed by atoms with Gasteiger partial charge < -0.3 is 14.7 Å². The van der Waals surface area contributed by atoms with Gasteiger partial charge in [0.05, 0.1) is 12.2 Å². The fraction of sp³-hybridized carbons (Fsp3) is 0.900. The Morgan fingerprint density at radius 1 is 1.57 bits per heavy atom.